The zero-order chi connectivity index (χ0) is 16.7. The van der Waals surface area contributed by atoms with Crippen LogP contribution < -0.4 is 15.4 Å². The number of rotatable bonds is 6. The lowest BCUT2D eigenvalue weighted by molar-refractivity contribution is 0.101. The molecule has 2 amide bonds. The second-order valence-electron chi connectivity index (χ2n) is 5.75. The molecule has 2 rings (SSSR count). The molecule has 2 unspecified atom stereocenters. The molecule has 1 aromatic carbocycles. The predicted molar refractivity (Wildman–Crippen MR) is 81.2 cm³/mol. The summed E-state index contributed by atoms with van der Waals surface area (Å²) in [7, 11) is 0. The highest BCUT2D eigenvalue weighted by Gasteiger charge is 2.20. The second kappa shape index (κ2) is 8.67. The van der Waals surface area contributed by atoms with E-state index in [-0.39, 0.29) is 31.0 Å². The third kappa shape index (κ3) is 6.02. The minimum absolute atomic E-state index is 0.153. The molecule has 0 bridgehead atoms. The van der Waals surface area contributed by atoms with Gasteiger partial charge in [0.25, 0.3) is 0 Å². The summed E-state index contributed by atoms with van der Waals surface area (Å²) in [5.41, 5.74) is 0. The number of hydrogen-bond acceptors (Lipinski definition) is 3. The molecule has 0 heterocycles. The first kappa shape index (κ1) is 17.5. The molecule has 0 aromatic heterocycles. The summed E-state index contributed by atoms with van der Waals surface area (Å²) in [5, 5.41) is 15.0. The summed E-state index contributed by atoms with van der Waals surface area (Å²) in [4.78, 5) is 11.6. The van der Waals surface area contributed by atoms with E-state index in [4.69, 9.17) is 4.74 Å². The molecule has 3 N–H and O–H groups in total. The molecular weight excluding hydrogens is 306 g/mol. The molecule has 128 valence electrons. The summed E-state index contributed by atoms with van der Waals surface area (Å²) in [6, 6.07) is 2.97. The van der Waals surface area contributed by atoms with E-state index in [0.717, 1.165) is 37.8 Å². The SMILES string of the molecule is O=C(NCCOc1ccc(F)c(F)c1)NCC1CCCC(O)C1. The van der Waals surface area contributed by atoms with E-state index in [1.807, 2.05) is 0 Å². The Hall–Kier alpha value is -1.89. The highest BCUT2D eigenvalue weighted by Crippen LogP contribution is 2.23. The molecule has 1 aromatic rings. The van der Waals surface area contributed by atoms with Crippen LogP contribution in [-0.4, -0.2) is 36.9 Å². The number of hydrogen-bond donors (Lipinski definition) is 3. The van der Waals surface area contributed by atoms with Gasteiger partial charge in [-0.1, -0.05) is 6.42 Å². The van der Waals surface area contributed by atoms with Crippen LogP contribution in [0.4, 0.5) is 13.6 Å². The molecule has 1 aliphatic carbocycles. The maximum atomic E-state index is 13.0. The molecule has 0 aliphatic heterocycles. The van der Waals surface area contributed by atoms with Gasteiger partial charge in [-0.05, 0) is 37.3 Å². The fraction of sp³-hybridized carbons (Fsp3) is 0.562. The van der Waals surface area contributed by atoms with Crippen LogP contribution in [0.2, 0.25) is 0 Å². The maximum Gasteiger partial charge on any atom is 0.314 e. The zero-order valence-corrected chi connectivity index (χ0v) is 12.9. The predicted octanol–water partition coefficient (Wildman–Crippen LogP) is 2.19. The Balaban J connectivity index is 1.58. The molecule has 1 aliphatic rings. The van der Waals surface area contributed by atoms with Crippen molar-refractivity contribution in [1.82, 2.24) is 10.6 Å². The summed E-state index contributed by atoms with van der Waals surface area (Å²) < 4.78 is 30.9. The number of halogens is 2. The lowest BCUT2D eigenvalue weighted by Crippen LogP contribution is -2.41. The van der Waals surface area contributed by atoms with Crippen molar-refractivity contribution in [2.45, 2.75) is 31.8 Å². The van der Waals surface area contributed by atoms with E-state index in [1.165, 1.54) is 6.07 Å². The Morgan fingerprint density at radius 2 is 2.09 bits per heavy atom. The quantitative estimate of drug-likeness (QED) is 0.701. The smallest absolute Gasteiger partial charge is 0.314 e. The van der Waals surface area contributed by atoms with Crippen molar-refractivity contribution in [2.24, 2.45) is 5.92 Å². The minimum Gasteiger partial charge on any atom is -0.492 e. The van der Waals surface area contributed by atoms with Gasteiger partial charge < -0.3 is 20.5 Å². The monoisotopic (exact) mass is 328 g/mol. The van der Waals surface area contributed by atoms with Gasteiger partial charge >= 0.3 is 6.03 Å². The molecule has 0 saturated heterocycles. The number of urea groups is 1. The molecule has 0 radical (unpaired) electrons. The largest absolute Gasteiger partial charge is 0.492 e. The van der Waals surface area contributed by atoms with Crippen LogP contribution in [0.5, 0.6) is 5.75 Å². The van der Waals surface area contributed by atoms with E-state index in [0.29, 0.717) is 12.5 Å². The summed E-state index contributed by atoms with van der Waals surface area (Å²) in [6.45, 7) is 0.936. The number of aliphatic hydroxyl groups is 1. The van der Waals surface area contributed by atoms with E-state index in [9.17, 15) is 18.7 Å². The summed E-state index contributed by atoms with van der Waals surface area (Å²) >= 11 is 0. The van der Waals surface area contributed by atoms with Gasteiger partial charge in [-0.15, -0.1) is 0 Å². The van der Waals surface area contributed by atoms with E-state index < -0.39 is 11.6 Å². The lowest BCUT2D eigenvalue weighted by atomic mass is 9.87. The van der Waals surface area contributed by atoms with Crippen molar-refractivity contribution in [1.29, 1.82) is 0 Å². The number of amides is 2. The van der Waals surface area contributed by atoms with Gasteiger partial charge in [-0.2, -0.15) is 0 Å². The van der Waals surface area contributed by atoms with Gasteiger partial charge in [0, 0.05) is 12.6 Å². The average Bonchev–Trinajstić information content (AvgIpc) is 2.53. The Morgan fingerprint density at radius 3 is 2.83 bits per heavy atom. The Morgan fingerprint density at radius 1 is 1.26 bits per heavy atom. The standard InChI is InChI=1S/C16H22F2N2O3/c17-14-5-4-13(9-15(14)18)23-7-6-19-16(22)20-10-11-2-1-3-12(21)8-11/h4-5,9,11-12,21H,1-3,6-8,10H2,(H2,19,20,22). The fourth-order valence-corrected chi connectivity index (χ4v) is 2.65. The second-order valence-corrected chi connectivity index (χ2v) is 5.75. The first-order valence-corrected chi connectivity index (χ1v) is 7.82. The Bertz CT molecular complexity index is 528. The van der Waals surface area contributed by atoms with Crippen LogP contribution >= 0.6 is 0 Å². The van der Waals surface area contributed by atoms with Crippen molar-refractivity contribution >= 4 is 6.03 Å². The number of carbonyl (C=O) groups is 1. The van der Waals surface area contributed by atoms with Crippen LogP contribution in [-0.2, 0) is 0 Å². The third-order valence-corrected chi connectivity index (χ3v) is 3.85. The fourth-order valence-electron chi connectivity index (χ4n) is 2.65. The maximum absolute atomic E-state index is 13.0. The summed E-state index contributed by atoms with van der Waals surface area (Å²) in [6.07, 6.45) is 3.29. The van der Waals surface area contributed by atoms with Crippen molar-refractivity contribution in [3.63, 3.8) is 0 Å². The zero-order valence-electron chi connectivity index (χ0n) is 12.9. The lowest BCUT2D eigenvalue weighted by Gasteiger charge is -2.25. The first-order valence-electron chi connectivity index (χ1n) is 7.82. The van der Waals surface area contributed by atoms with Crippen LogP contribution in [0, 0.1) is 17.6 Å². The van der Waals surface area contributed by atoms with Gasteiger partial charge in [-0.3, -0.25) is 0 Å². The molecule has 23 heavy (non-hydrogen) atoms. The Kier molecular flexibility index (Phi) is 6.58. The first-order chi connectivity index (χ1) is 11.0. The molecule has 0 spiro atoms. The van der Waals surface area contributed by atoms with E-state index in [2.05, 4.69) is 10.6 Å². The van der Waals surface area contributed by atoms with E-state index >= 15 is 0 Å². The van der Waals surface area contributed by atoms with Crippen molar-refractivity contribution in [2.75, 3.05) is 19.7 Å². The van der Waals surface area contributed by atoms with Gasteiger partial charge in [0.1, 0.15) is 12.4 Å². The molecule has 7 heteroatoms. The molecule has 2 atom stereocenters. The molecule has 1 fully saturated rings. The normalized spacial score (nSPS) is 20.8. The van der Waals surface area contributed by atoms with Gasteiger partial charge in [0.05, 0.1) is 12.6 Å². The van der Waals surface area contributed by atoms with Crippen molar-refractivity contribution in [3.05, 3.63) is 29.8 Å². The number of aliphatic hydroxyl groups excluding tert-OH is 1. The number of benzene rings is 1. The summed E-state index contributed by atoms with van der Waals surface area (Å²) in [5.74, 6) is -1.38. The number of nitrogens with one attached hydrogen (secondary N) is 2. The van der Waals surface area contributed by atoms with E-state index in [1.54, 1.807) is 0 Å². The highest BCUT2D eigenvalue weighted by atomic mass is 19.2. The van der Waals surface area contributed by atoms with Crippen molar-refractivity contribution < 1.29 is 23.4 Å². The third-order valence-electron chi connectivity index (χ3n) is 3.85. The Labute approximate surface area is 134 Å². The van der Waals surface area contributed by atoms with Crippen LogP contribution in [0.3, 0.4) is 0 Å². The van der Waals surface area contributed by atoms with Crippen LogP contribution in [0.25, 0.3) is 0 Å². The topological polar surface area (TPSA) is 70.6 Å². The van der Waals surface area contributed by atoms with Crippen LogP contribution in [0.15, 0.2) is 18.2 Å². The molecule has 1 saturated carbocycles. The van der Waals surface area contributed by atoms with Gasteiger partial charge in [-0.25, -0.2) is 13.6 Å². The number of carbonyl (C=O) groups excluding carboxylic acids is 1. The van der Waals surface area contributed by atoms with Crippen LogP contribution in [0.1, 0.15) is 25.7 Å². The van der Waals surface area contributed by atoms with Crippen molar-refractivity contribution in [3.8, 4) is 5.75 Å². The van der Waals surface area contributed by atoms with Gasteiger partial charge in [0.15, 0.2) is 11.6 Å². The van der Waals surface area contributed by atoms with Gasteiger partial charge in [0.2, 0.25) is 0 Å². The highest BCUT2D eigenvalue weighted by molar-refractivity contribution is 5.73. The number of ether oxygens (including phenoxy) is 1. The average molecular weight is 328 g/mol. The minimum atomic E-state index is -0.970. The molecular formula is C16H22F2N2O3. The molecule has 5 nitrogen and oxygen atoms in total.